The Kier molecular flexibility index (Phi) is 3.57. The third-order valence-electron chi connectivity index (χ3n) is 3.15. The maximum atomic E-state index is 11.0. The summed E-state index contributed by atoms with van der Waals surface area (Å²) in [5.41, 5.74) is 0.931. The van der Waals surface area contributed by atoms with Gasteiger partial charge in [0.1, 0.15) is 0 Å². The lowest BCUT2D eigenvalue weighted by molar-refractivity contribution is -0.384. The Bertz CT molecular complexity index is 467. The Morgan fingerprint density at radius 1 is 1.39 bits per heavy atom. The monoisotopic (exact) mass is 250 g/mol. The zero-order valence-corrected chi connectivity index (χ0v) is 9.78. The van der Waals surface area contributed by atoms with E-state index >= 15 is 0 Å². The molecule has 0 unspecified atom stereocenters. The van der Waals surface area contributed by atoms with Crippen molar-refractivity contribution in [2.75, 3.05) is 18.0 Å². The van der Waals surface area contributed by atoms with E-state index in [2.05, 4.69) is 0 Å². The van der Waals surface area contributed by atoms with Gasteiger partial charge in [-0.15, -0.1) is 0 Å². The number of piperidine rings is 1. The van der Waals surface area contributed by atoms with Crippen LogP contribution in [0.25, 0.3) is 0 Å². The second-order valence-corrected chi connectivity index (χ2v) is 4.34. The highest BCUT2D eigenvalue weighted by Gasteiger charge is 2.20. The first-order valence-electron chi connectivity index (χ1n) is 5.78. The van der Waals surface area contributed by atoms with Crippen LogP contribution in [-0.4, -0.2) is 35.5 Å². The molecule has 0 amide bonds. The third-order valence-corrected chi connectivity index (χ3v) is 3.15. The minimum Gasteiger partial charge on any atom is -0.393 e. The van der Waals surface area contributed by atoms with Crippen LogP contribution < -0.4 is 4.90 Å². The quantitative estimate of drug-likeness (QED) is 0.497. The SMILES string of the molecule is O=Cc1cc([N+](=O)[O-])ccc1N1CCC(O)CC1. The third kappa shape index (κ3) is 2.48. The molecule has 0 bridgehead atoms. The standard InChI is InChI=1S/C12H14N2O4/c15-8-9-7-10(14(17)18)1-2-12(9)13-5-3-11(16)4-6-13/h1-2,7-8,11,16H,3-6H2. The average molecular weight is 250 g/mol. The number of anilines is 1. The molecule has 0 aromatic heterocycles. The molecule has 18 heavy (non-hydrogen) atoms. The number of non-ortho nitro benzene ring substituents is 1. The van der Waals surface area contributed by atoms with Gasteiger partial charge in [0.2, 0.25) is 0 Å². The second kappa shape index (κ2) is 5.14. The first-order chi connectivity index (χ1) is 8.61. The molecule has 1 aliphatic rings. The molecule has 0 aliphatic carbocycles. The van der Waals surface area contributed by atoms with E-state index in [1.54, 1.807) is 6.07 Å². The van der Waals surface area contributed by atoms with E-state index in [9.17, 15) is 20.0 Å². The number of nitro benzene ring substituents is 1. The molecule has 6 heteroatoms. The topological polar surface area (TPSA) is 83.7 Å². The molecule has 1 aromatic carbocycles. The van der Waals surface area contributed by atoms with Crippen LogP contribution in [0.3, 0.4) is 0 Å². The highest BCUT2D eigenvalue weighted by molar-refractivity contribution is 5.86. The maximum Gasteiger partial charge on any atom is 0.270 e. The normalized spacial score (nSPS) is 16.6. The summed E-state index contributed by atoms with van der Waals surface area (Å²) in [5.74, 6) is 0. The molecular formula is C12H14N2O4. The van der Waals surface area contributed by atoms with Crippen LogP contribution in [0, 0.1) is 10.1 Å². The molecule has 0 atom stereocenters. The zero-order valence-electron chi connectivity index (χ0n) is 9.78. The van der Waals surface area contributed by atoms with E-state index < -0.39 is 4.92 Å². The van der Waals surface area contributed by atoms with E-state index in [1.807, 2.05) is 4.90 Å². The van der Waals surface area contributed by atoms with Crippen molar-refractivity contribution < 1.29 is 14.8 Å². The van der Waals surface area contributed by atoms with Crippen molar-refractivity contribution in [1.82, 2.24) is 0 Å². The van der Waals surface area contributed by atoms with E-state index in [0.29, 0.717) is 43.5 Å². The van der Waals surface area contributed by atoms with Gasteiger partial charge in [-0.25, -0.2) is 0 Å². The fourth-order valence-electron chi connectivity index (χ4n) is 2.14. The minimum absolute atomic E-state index is 0.0853. The Labute approximate surface area is 104 Å². The van der Waals surface area contributed by atoms with Crippen LogP contribution in [0.4, 0.5) is 11.4 Å². The van der Waals surface area contributed by atoms with Gasteiger partial charge in [-0.2, -0.15) is 0 Å². The van der Waals surface area contributed by atoms with Crippen LogP contribution in [0.15, 0.2) is 18.2 Å². The lowest BCUT2D eigenvalue weighted by Gasteiger charge is -2.32. The molecule has 1 aromatic rings. The van der Waals surface area contributed by atoms with Gasteiger partial charge in [0.05, 0.1) is 11.0 Å². The fourth-order valence-corrected chi connectivity index (χ4v) is 2.14. The van der Waals surface area contributed by atoms with Gasteiger partial charge in [-0.3, -0.25) is 14.9 Å². The maximum absolute atomic E-state index is 11.0. The number of aliphatic hydroxyl groups is 1. The Hall–Kier alpha value is -1.95. The zero-order chi connectivity index (χ0) is 13.1. The average Bonchev–Trinajstić information content (AvgIpc) is 2.39. The van der Waals surface area contributed by atoms with Crippen LogP contribution in [0.2, 0.25) is 0 Å². The van der Waals surface area contributed by atoms with Crippen LogP contribution in [0.1, 0.15) is 23.2 Å². The summed E-state index contributed by atoms with van der Waals surface area (Å²) < 4.78 is 0. The van der Waals surface area contributed by atoms with Crippen LogP contribution in [0.5, 0.6) is 0 Å². The largest absolute Gasteiger partial charge is 0.393 e. The number of carbonyl (C=O) groups is 1. The fraction of sp³-hybridized carbons (Fsp3) is 0.417. The lowest BCUT2D eigenvalue weighted by atomic mass is 10.1. The summed E-state index contributed by atoms with van der Waals surface area (Å²) in [4.78, 5) is 23.1. The summed E-state index contributed by atoms with van der Waals surface area (Å²) >= 11 is 0. The molecule has 1 N–H and O–H groups in total. The van der Waals surface area contributed by atoms with Crippen molar-refractivity contribution in [1.29, 1.82) is 0 Å². The summed E-state index contributed by atoms with van der Waals surface area (Å²) in [6.45, 7) is 1.31. The van der Waals surface area contributed by atoms with Crippen LogP contribution in [-0.2, 0) is 0 Å². The molecule has 1 heterocycles. The number of benzene rings is 1. The Morgan fingerprint density at radius 3 is 2.61 bits per heavy atom. The molecule has 0 saturated carbocycles. The summed E-state index contributed by atoms with van der Waals surface area (Å²) in [5, 5.41) is 20.1. The molecular weight excluding hydrogens is 236 g/mol. The van der Waals surface area contributed by atoms with Crippen LogP contribution >= 0.6 is 0 Å². The molecule has 6 nitrogen and oxygen atoms in total. The number of nitro groups is 1. The summed E-state index contributed by atoms with van der Waals surface area (Å²) in [7, 11) is 0. The summed E-state index contributed by atoms with van der Waals surface area (Å²) in [6, 6.07) is 4.28. The number of carbonyl (C=O) groups excluding carboxylic acids is 1. The number of aliphatic hydroxyl groups excluding tert-OH is 1. The van der Waals surface area contributed by atoms with Gasteiger partial charge >= 0.3 is 0 Å². The van der Waals surface area contributed by atoms with Crippen molar-refractivity contribution in [3.8, 4) is 0 Å². The highest BCUT2D eigenvalue weighted by atomic mass is 16.6. The molecule has 96 valence electrons. The van der Waals surface area contributed by atoms with E-state index in [-0.39, 0.29) is 11.8 Å². The first-order valence-corrected chi connectivity index (χ1v) is 5.78. The molecule has 1 fully saturated rings. The van der Waals surface area contributed by atoms with Gasteiger partial charge < -0.3 is 10.0 Å². The number of hydrogen-bond donors (Lipinski definition) is 1. The number of hydrogen-bond acceptors (Lipinski definition) is 5. The number of nitrogens with zero attached hydrogens (tertiary/aromatic N) is 2. The van der Waals surface area contributed by atoms with Crippen molar-refractivity contribution >= 4 is 17.7 Å². The first kappa shape index (κ1) is 12.5. The number of rotatable bonds is 3. The van der Waals surface area contributed by atoms with E-state index in [0.717, 1.165) is 0 Å². The van der Waals surface area contributed by atoms with Gasteiger partial charge in [0.25, 0.3) is 5.69 Å². The smallest absolute Gasteiger partial charge is 0.270 e. The molecule has 1 aliphatic heterocycles. The highest BCUT2D eigenvalue weighted by Crippen LogP contribution is 2.26. The van der Waals surface area contributed by atoms with Gasteiger partial charge in [-0.05, 0) is 18.9 Å². The molecule has 2 rings (SSSR count). The van der Waals surface area contributed by atoms with Crippen molar-refractivity contribution in [2.45, 2.75) is 18.9 Å². The molecule has 0 radical (unpaired) electrons. The van der Waals surface area contributed by atoms with E-state index in [1.165, 1.54) is 12.1 Å². The predicted molar refractivity (Wildman–Crippen MR) is 65.9 cm³/mol. The Balaban J connectivity index is 2.27. The Morgan fingerprint density at radius 2 is 2.06 bits per heavy atom. The van der Waals surface area contributed by atoms with E-state index in [4.69, 9.17) is 0 Å². The van der Waals surface area contributed by atoms with Gasteiger partial charge in [0.15, 0.2) is 6.29 Å². The molecule has 0 spiro atoms. The van der Waals surface area contributed by atoms with Gasteiger partial charge in [-0.1, -0.05) is 0 Å². The van der Waals surface area contributed by atoms with Crippen molar-refractivity contribution in [3.05, 3.63) is 33.9 Å². The predicted octanol–water partition coefficient (Wildman–Crippen LogP) is 1.37. The lowest BCUT2D eigenvalue weighted by Crippen LogP contribution is -2.36. The molecule has 1 saturated heterocycles. The minimum atomic E-state index is -0.517. The van der Waals surface area contributed by atoms with Crippen molar-refractivity contribution in [2.24, 2.45) is 0 Å². The van der Waals surface area contributed by atoms with Gasteiger partial charge in [0, 0.05) is 36.5 Å². The van der Waals surface area contributed by atoms with Crippen molar-refractivity contribution in [3.63, 3.8) is 0 Å². The summed E-state index contributed by atoms with van der Waals surface area (Å²) in [6.07, 6.45) is 1.64. The number of aldehydes is 1. The second-order valence-electron chi connectivity index (χ2n) is 4.34.